The minimum Gasteiger partial charge on any atom is -0.306 e. The first-order valence-electron chi connectivity index (χ1n) is 6.76. The summed E-state index contributed by atoms with van der Waals surface area (Å²) in [5.41, 5.74) is 3.82. The van der Waals surface area contributed by atoms with E-state index >= 15 is 0 Å². The zero-order valence-corrected chi connectivity index (χ0v) is 13.6. The Kier molecular flexibility index (Phi) is 3.64. The molecule has 0 atom stereocenters. The first-order valence-corrected chi connectivity index (χ1v) is 8.46. The van der Waals surface area contributed by atoms with E-state index in [1.54, 1.807) is 17.5 Å². The number of rotatable bonds is 4. The number of aromatic amines is 1. The van der Waals surface area contributed by atoms with Crippen molar-refractivity contribution in [3.05, 3.63) is 41.7 Å². The SMILES string of the molecule is Cc1cc(Nc2nncc(Sc3ccc4ncsc4c3)n2)n[nH]1. The molecule has 0 fully saturated rings. The zero-order valence-electron chi connectivity index (χ0n) is 12.0. The van der Waals surface area contributed by atoms with E-state index in [1.165, 1.54) is 11.8 Å². The maximum absolute atomic E-state index is 4.45. The molecule has 4 aromatic rings. The Hall–Kier alpha value is -2.52. The normalized spacial score (nSPS) is 11.0. The minimum atomic E-state index is 0.417. The van der Waals surface area contributed by atoms with Gasteiger partial charge in [-0.15, -0.1) is 16.4 Å². The number of fused-ring (bicyclic) bond motifs is 1. The molecule has 0 aliphatic heterocycles. The number of thiazole rings is 1. The standard InChI is InChI=1S/C14H11N7S2/c1-8-4-12(20-19-8)17-14-18-13(6-16-21-14)23-9-2-3-10-11(5-9)22-7-15-10/h2-7H,1H3,(H2,17,18,19,20,21). The molecule has 23 heavy (non-hydrogen) atoms. The molecule has 0 amide bonds. The Bertz CT molecular complexity index is 962. The molecule has 3 aromatic heterocycles. The summed E-state index contributed by atoms with van der Waals surface area (Å²) in [6, 6.07) is 8.01. The fourth-order valence-corrected chi connectivity index (χ4v) is 3.58. The van der Waals surface area contributed by atoms with Crippen molar-refractivity contribution >= 4 is 45.1 Å². The summed E-state index contributed by atoms with van der Waals surface area (Å²) in [7, 11) is 0. The van der Waals surface area contributed by atoms with E-state index in [1.807, 2.05) is 30.6 Å². The first-order chi connectivity index (χ1) is 11.3. The summed E-state index contributed by atoms with van der Waals surface area (Å²) in [6.45, 7) is 1.93. The van der Waals surface area contributed by atoms with Crippen LogP contribution in [0.4, 0.5) is 11.8 Å². The second-order valence-electron chi connectivity index (χ2n) is 4.76. The summed E-state index contributed by atoms with van der Waals surface area (Å²) in [5, 5.41) is 18.7. The Morgan fingerprint density at radius 2 is 2.22 bits per heavy atom. The number of H-pyrrole nitrogens is 1. The smallest absolute Gasteiger partial charge is 0.249 e. The second kappa shape index (κ2) is 5.94. The van der Waals surface area contributed by atoms with E-state index in [9.17, 15) is 0 Å². The molecule has 0 unspecified atom stereocenters. The van der Waals surface area contributed by atoms with Crippen LogP contribution in [0.2, 0.25) is 0 Å². The molecule has 1 aromatic carbocycles. The van der Waals surface area contributed by atoms with Crippen molar-refractivity contribution in [2.75, 3.05) is 5.32 Å². The van der Waals surface area contributed by atoms with Gasteiger partial charge < -0.3 is 5.32 Å². The van der Waals surface area contributed by atoms with Gasteiger partial charge in [-0.05, 0) is 25.1 Å². The van der Waals surface area contributed by atoms with Gasteiger partial charge in [-0.2, -0.15) is 10.2 Å². The van der Waals surface area contributed by atoms with Gasteiger partial charge in [-0.1, -0.05) is 11.8 Å². The van der Waals surface area contributed by atoms with Crippen LogP contribution in [-0.4, -0.2) is 30.4 Å². The molecule has 0 bridgehead atoms. The molecule has 0 aliphatic carbocycles. The fraction of sp³-hybridized carbons (Fsp3) is 0.0714. The third kappa shape index (κ3) is 3.15. The Morgan fingerprint density at radius 3 is 3.09 bits per heavy atom. The lowest BCUT2D eigenvalue weighted by Gasteiger charge is -2.03. The van der Waals surface area contributed by atoms with Gasteiger partial charge in [0.05, 0.1) is 21.9 Å². The number of anilines is 2. The molecule has 0 spiro atoms. The van der Waals surface area contributed by atoms with Gasteiger partial charge in [0, 0.05) is 16.7 Å². The van der Waals surface area contributed by atoms with Crippen LogP contribution < -0.4 is 5.32 Å². The Morgan fingerprint density at radius 1 is 1.26 bits per heavy atom. The monoisotopic (exact) mass is 341 g/mol. The van der Waals surface area contributed by atoms with Crippen molar-refractivity contribution in [2.45, 2.75) is 16.8 Å². The van der Waals surface area contributed by atoms with E-state index in [0.717, 1.165) is 25.8 Å². The van der Waals surface area contributed by atoms with Crippen LogP contribution in [0.3, 0.4) is 0 Å². The average molecular weight is 341 g/mol. The van der Waals surface area contributed by atoms with Crippen molar-refractivity contribution < 1.29 is 0 Å². The molecular formula is C14H11N7S2. The van der Waals surface area contributed by atoms with Gasteiger partial charge in [0.1, 0.15) is 5.03 Å². The van der Waals surface area contributed by atoms with Gasteiger partial charge in [-0.25, -0.2) is 9.97 Å². The quantitative estimate of drug-likeness (QED) is 0.587. The highest BCUT2D eigenvalue weighted by Crippen LogP contribution is 2.30. The predicted octanol–water partition coefficient (Wildman–Crippen LogP) is 3.41. The second-order valence-corrected chi connectivity index (χ2v) is 6.74. The number of aryl methyl sites for hydroxylation is 1. The van der Waals surface area contributed by atoms with Crippen LogP contribution in [0.5, 0.6) is 0 Å². The number of hydrogen-bond acceptors (Lipinski definition) is 8. The average Bonchev–Trinajstić information content (AvgIpc) is 3.16. The number of nitrogens with one attached hydrogen (secondary N) is 2. The summed E-state index contributed by atoms with van der Waals surface area (Å²) in [4.78, 5) is 9.82. The third-order valence-corrected chi connectivity index (χ3v) is 4.69. The lowest BCUT2D eigenvalue weighted by Crippen LogP contribution is -1.99. The summed E-state index contributed by atoms with van der Waals surface area (Å²) in [6.07, 6.45) is 1.64. The van der Waals surface area contributed by atoms with Gasteiger partial charge in [-0.3, -0.25) is 5.10 Å². The van der Waals surface area contributed by atoms with Gasteiger partial charge >= 0.3 is 0 Å². The molecule has 4 rings (SSSR count). The molecule has 2 N–H and O–H groups in total. The Labute approximate surface area is 139 Å². The number of hydrogen-bond donors (Lipinski definition) is 2. The van der Waals surface area contributed by atoms with Crippen LogP contribution in [0, 0.1) is 6.92 Å². The zero-order chi connectivity index (χ0) is 15.6. The van der Waals surface area contributed by atoms with E-state index in [4.69, 9.17) is 0 Å². The molecule has 7 nitrogen and oxygen atoms in total. The maximum atomic E-state index is 4.45. The van der Waals surface area contributed by atoms with E-state index < -0.39 is 0 Å². The van der Waals surface area contributed by atoms with E-state index in [2.05, 4.69) is 41.7 Å². The van der Waals surface area contributed by atoms with Crippen LogP contribution in [-0.2, 0) is 0 Å². The number of aromatic nitrogens is 6. The summed E-state index contributed by atoms with van der Waals surface area (Å²) >= 11 is 3.16. The highest BCUT2D eigenvalue weighted by Gasteiger charge is 2.06. The summed E-state index contributed by atoms with van der Waals surface area (Å²) < 4.78 is 1.15. The topological polar surface area (TPSA) is 92.3 Å². The Balaban J connectivity index is 1.55. The van der Waals surface area contributed by atoms with Crippen molar-refractivity contribution in [2.24, 2.45) is 0 Å². The van der Waals surface area contributed by atoms with Crippen molar-refractivity contribution in [3.8, 4) is 0 Å². The molecule has 0 aliphatic rings. The summed E-state index contributed by atoms with van der Waals surface area (Å²) in [5.74, 6) is 1.08. The van der Waals surface area contributed by atoms with Gasteiger partial charge in [0.25, 0.3) is 0 Å². The molecule has 0 radical (unpaired) electrons. The fourth-order valence-electron chi connectivity index (χ4n) is 2.01. The number of benzene rings is 1. The van der Waals surface area contributed by atoms with Crippen LogP contribution in [0.15, 0.2) is 45.9 Å². The lowest BCUT2D eigenvalue weighted by atomic mass is 10.3. The molecule has 0 saturated heterocycles. The maximum Gasteiger partial charge on any atom is 0.249 e. The largest absolute Gasteiger partial charge is 0.306 e. The van der Waals surface area contributed by atoms with Crippen molar-refractivity contribution in [1.29, 1.82) is 0 Å². The van der Waals surface area contributed by atoms with Crippen LogP contribution in [0.25, 0.3) is 10.2 Å². The van der Waals surface area contributed by atoms with Crippen LogP contribution >= 0.6 is 23.1 Å². The third-order valence-electron chi connectivity index (χ3n) is 3.01. The van der Waals surface area contributed by atoms with E-state index in [0.29, 0.717) is 11.8 Å². The molecular weight excluding hydrogens is 330 g/mol. The number of nitrogens with zero attached hydrogens (tertiary/aromatic N) is 5. The highest BCUT2D eigenvalue weighted by atomic mass is 32.2. The van der Waals surface area contributed by atoms with E-state index in [-0.39, 0.29) is 0 Å². The molecule has 3 heterocycles. The first kappa shape index (κ1) is 14.1. The minimum absolute atomic E-state index is 0.417. The van der Waals surface area contributed by atoms with Crippen molar-refractivity contribution in [3.63, 3.8) is 0 Å². The molecule has 9 heteroatoms. The lowest BCUT2D eigenvalue weighted by molar-refractivity contribution is 0.910. The predicted molar refractivity (Wildman–Crippen MR) is 90.2 cm³/mol. The molecule has 114 valence electrons. The van der Waals surface area contributed by atoms with Gasteiger partial charge in [0.15, 0.2) is 5.82 Å². The van der Waals surface area contributed by atoms with Crippen molar-refractivity contribution in [1.82, 2.24) is 30.4 Å². The molecule has 0 saturated carbocycles. The van der Waals surface area contributed by atoms with Gasteiger partial charge in [0.2, 0.25) is 5.95 Å². The highest BCUT2D eigenvalue weighted by molar-refractivity contribution is 7.99. The van der Waals surface area contributed by atoms with Crippen LogP contribution in [0.1, 0.15) is 5.69 Å².